The Hall–Kier alpha value is -0.820. The third kappa shape index (κ3) is 1.78. The van der Waals surface area contributed by atoms with Crippen LogP contribution in [-0.4, -0.2) is 6.54 Å². The fourth-order valence-corrected chi connectivity index (χ4v) is 2.98. The van der Waals surface area contributed by atoms with Crippen LogP contribution in [0.5, 0.6) is 0 Å². The summed E-state index contributed by atoms with van der Waals surface area (Å²) in [6.45, 7) is 5.95. The normalized spacial score (nSPS) is 30.1. The van der Waals surface area contributed by atoms with Gasteiger partial charge in [-0.1, -0.05) is 38.1 Å². The highest BCUT2D eigenvalue weighted by Crippen LogP contribution is 2.51. The Morgan fingerprint density at radius 2 is 2.06 bits per heavy atom. The molecule has 0 saturated heterocycles. The number of nitrogens with one attached hydrogen (secondary N) is 1. The lowest BCUT2D eigenvalue weighted by molar-refractivity contribution is 0.466. The molecule has 16 heavy (non-hydrogen) atoms. The molecule has 1 aromatic rings. The monoisotopic (exact) mass is 215 g/mol. The summed E-state index contributed by atoms with van der Waals surface area (Å²) in [7, 11) is 0. The van der Waals surface area contributed by atoms with Gasteiger partial charge in [-0.2, -0.15) is 0 Å². The molecule has 1 heteroatoms. The number of aryl methyl sites for hydroxylation is 1. The van der Waals surface area contributed by atoms with Crippen LogP contribution >= 0.6 is 0 Å². The van der Waals surface area contributed by atoms with Crippen LogP contribution in [0.25, 0.3) is 0 Å². The van der Waals surface area contributed by atoms with E-state index in [-0.39, 0.29) is 0 Å². The average Bonchev–Trinajstić information content (AvgIpc) is 2.73. The molecule has 0 spiro atoms. The van der Waals surface area contributed by atoms with Crippen molar-refractivity contribution in [2.45, 2.75) is 39.2 Å². The van der Waals surface area contributed by atoms with Gasteiger partial charge in [-0.25, -0.2) is 0 Å². The number of rotatable bonds is 3. The molecule has 0 bridgehead atoms. The first-order chi connectivity index (χ1) is 7.67. The molecule has 2 unspecified atom stereocenters. The first-order valence-corrected chi connectivity index (χ1v) is 6.48. The van der Waals surface area contributed by atoms with Crippen molar-refractivity contribution < 1.29 is 0 Å². The molecule has 1 aromatic carbocycles. The van der Waals surface area contributed by atoms with Gasteiger partial charge in [0.25, 0.3) is 0 Å². The van der Waals surface area contributed by atoms with Gasteiger partial charge in [0.2, 0.25) is 0 Å². The van der Waals surface area contributed by atoms with E-state index in [2.05, 4.69) is 43.4 Å². The molecular weight excluding hydrogens is 194 g/mol. The summed E-state index contributed by atoms with van der Waals surface area (Å²) in [4.78, 5) is 0. The lowest BCUT2D eigenvalue weighted by atomic mass is 10.1. The van der Waals surface area contributed by atoms with Crippen LogP contribution in [0.1, 0.15) is 43.9 Å². The molecule has 2 atom stereocenters. The van der Waals surface area contributed by atoms with Crippen molar-refractivity contribution in [3.63, 3.8) is 0 Å². The van der Waals surface area contributed by atoms with E-state index in [1.807, 2.05) is 0 Å². The quantitative estimate of drug-likeness (QED) is 0.815. The van der Waals surface area contributed by atoms with Crippen LogP contribution < -0.4 is 5.32 Å². The predicted molar refractivity (Wildman–Crippen MR) is 67.4 cm³/mol. The molecule has 3 rings (SSSR count). The number of fused-ring (bicyclic) bond motifs is 1. The maximum absolute atomic E-state index is 3.76. The third-order valence-corrected chi connectivity index (χ3v) is 4.46. The Labute approximate surface area is 98.3 Å². The van der Waals surface area contributed by atoms with Gasteiger partial charge >= 0.3 is 0 Å². The zero-order chi connectivity index (χ0) is 11.2. The van der Waals surface area contributed by atoms with Gasteiger partial charge in [0.1, 0.15) is 0 Å². The highest BCUT2D eigenvalue weighted by molar-refractivity contribution is 5.34. The number of hydrogen-bond acceptors (Lipinski definition) is 1. The summed E-state index contributed by atoms with van der Waals surface area (Å²) < 4.78 is 0. The van der Waals surface area contributed by atoms with Crippen LogP contribution in [0.15, 0.2) is 24.3 Å². The van der Waals surface area contributed by atoms with Gasteiger partial charge in [-0.05, 0) is 48.3 Å². The van der Waals surface area contributed by atoms with Crippen molar-refractivity contribution in [2.24, 2.45) is 11.3 Å². The zero-order valence-electron chi connectivity index (χ0n) is 10.3. The molecule has 1 saturated carbocycles. The van der Waals surface area contributed by atoms with E-state index in [0.717, 1.165) is 5.92 Å². The van der Waals surface area contributed by atoms with Crippen molar-refractivity contribution in [2.75, 3.05) is 6.54 Å². The minimum atomic E-state index is 0.602. The summed E-state index contributed by atoms with van der Waals surface area (Å²) in [6.07, 6.45) is 3.93. The average molecular weight is 215 g/mol. The molecule has 1 N–H and O–H groups in total. The SMILES string of the molecule is CC1(C)CC1CNC1CCc2ccccc21. The fourth-order valence-electron chi connectivity index (χ4n) is 2.98. The van der Waals surface area contributed by atoms with E-state index in [0.29, 0.717) is 11.5 Å². The molecule has 2 aliphatic rings. The topological polar surface area (TPSA) is 12.0 Å². The molecule has 0 radical (unpaired) electrons. The van der Waals surface area contributed by atoms with E-state index in [9.17, 15) is 0 Å². The Balaban J connectivity index is 1.61. The van der Waals surface area contributed by atoms with Crippen molar-refractivity contribution in [1.29, 1.82) is 0 Å². The van der Waals surface area contributed by atoms with Gasteiger partial charge in [-0.15, -0.1) is 0 Å². The summed E-state index contributed by atoms with van der Waals surface area (Å²) in [5, 5.41) is 3.76. The van der Waals surface area contributed by atoms with Crippen LogP contribution in [0, 0.1) is 11.3 Å². The molecular formula is C15H21N. The summed E-state index contributed by atoms with van der Waals surface area (Å²) in [5.41, 5.74) is 3.70. The molecule has 2 aliphatic carbocycles. The summed E-state index contributed by atoms with van der Waals surface area (Å²) in [5.74, 6) is 0.903. The lowest BCUT2D eigenvalue weighted by Gasteiger charge is -2.14. The van der Waals surface area contributed by atoms with Crippen LogP contribution in [0.3, 0.4) is 0 Å². The maximum atomic E-state index is 3.76. The number of hydrogen-bond donors (Lipinski definition) is 1. The first kappa shape index (κ1) is 10.3. The largest absolute Gasteiger partial charge is 0.310 e. The van der Waals surface area contributed by atoms with Gasteiger partial charge in [0, 0.05) is 6.04 Å². The second-order valence-corrected chi connectivity index (χ2v) is 6.09. The van der Waals surface area contributed by atoms with Crippen molar-refractivity contribution in [1.82, 2.24) is 5.32 Å². The summed E-state index contributed by atoms with van der Waals surface area (Å²) in [6, 6.07) is 9.51. The van der Waals surface area contributed by atoms with Crippen molar-refractivity contribution in [3.8, 4) is 0 Å². The number of benzene rings is 1. The minimum absolute atomic E-state index is 0.602. The standard InChI is InChI=1S/C15H21N/c1-15(2)9-12(15)10-16-14-8-7-11-5-3-4-6-13(11)14/h3-6,12,14,16H,7-10H2,1-2H3. The molecule has 1 nitrogen and oxygen atoms in total. The van der Waals surface area contributed by atoms with Crippen LogP contribution in [-0.2, 0) is 6.42 Å². The van der Waals surface area contributed by atoms with Crippen molar-refractivity contribution >= 4 is 0 Å². The van der Waals surface area contributed by atoms with Crippen LogP contribution in [0.2, 0.25) is 0 Å². The van der Waals surface area contributed by atoms with Gasteiger partial charge in [0.15, 0.2) is 0 Å². The predicted octanol–water partition coefficient (Wildman–Crippen LogP) is 3.31. The maximum Gasteiger partial charge on any atom is 0.0326 e. The van der Waals surface area contributed by atoms with E-state index >= 15 is 0 Å². The highest BCUT2D eigenvalue weighted by atomic mass is 14.9. The molecule has 0 aromatic heterocycles. The highest BCUT2D eigenvalue weighted by Gasteiger charge is 2.45. The van der Waals surface area contributed by atoms with Gasteiger partial charge < -0.3 is 5.32 Å². The molecule has 0 heterocycles. The first-order valence-electron chi connectivity index (χ1n) is 6.48. The Kier molecular flexibility index (Phi) is 2.32. The smallest absolute Gasteiger partial charge is 0.0326 e. The Morgan fingerprint density at radius 1 is 1.31 bits per heavy atom. The van der Waals surface area contributed by atoms with Crippen LogP contribution in [0.4, 0.5) is 0 Å². The van der Waals surface area contributed by atoms with Crippen molar-refractivity contribution in [3.05, 3.63) is 35.4 Å². The van der Waals surface area contributed by atoms with E-state index < -0.39 is 0 Å². The van der Waals surface area contributed by atoms with Gasteiger partial charge in [-0.3, -0.25) is 0 Å². The third-order valence-electron chi connectivity index (χ3n) is 4.46. The van der Waals surface area contributed by atoms with E-state index in [1.165, 1.54) is 25.8 Å². The fraction of sp³-hybridized carbons (Fsp3) is 0.600. The Morgan fingerprint density at radius 3 is 2.81 bits per heavy atom. The second-order valence-electron chi connectivity index (χ2n) is 6.09. The van der Waals surface area contributed by atoms with E-state index in [1.54, 1.807) is 11.1 Å². The van der Waals surface area contributed by atoms with E-state index in [4.69, 9.17) is 0 Å². The van der Waals surface area contributed by atoms with Gasteiger partial charge in [0.05, 0.1) is 0 Å². The zero-order valence-corrected chi connectivity index (χ0v) is 10.3. The second kappa shape index (κ2) is 3.59. The minimum Gasteiger partial charge on any atom is -0.310 e. The summed E-state index contributed by atoms with van der Waals surface area (Å²) >= 11 is 0. The molecule has 86 valence electrons. The molecule has 0 amide bonds. The molecule has 0 aliphatic heterocycles. The molecule has 1 fully saturated rings. The lowest BCUT2D eigenvalue weighted by Crippen LogP contribution is -2.22. The Bertz CT molecular complexity index is 394.